The third kappa shape index (κ3) is 3.48. The second-order valence-corrected chi connectivity index (χ2v) is 6.40. The van der Waals surface area contributed by atoms with Crippen LogP contribution in [-0.4, -0.2) is 47.4 Å². The first-order valence-corrected chi connectivity index (χ1v) is 7.05. The van der Waals surface area contributed by atoms with Crippen LogP contribution in [0.5, 0.6) is 0 Å². The molecule has 4 heteroatoms. The molecule has 0 saturated carbocycles. The standard InChI is InChI=1S/C15H21ClN2O/c1-15(2,3)18-9-7-17(8-10-18)14(19)12-5-4-6-13(16)11-12/h4-6,11H,7-10H2,1-3H3. The number of hydrogen-bond acceptors (Lipinski definition) is 2. The van der Waals surface area contributed by atoms with Crippen LogP contribution in [0.3, 0.4) is 0 Å². The minimum atomic E-state index is 0.0797. The third-order valence-electron chi connectivity index (χ3n) is 3.59. The Kier molecular flexibility index (Phi) is 4.16. The maximum Gasteiger partial charge on any atom is 0.253 e. The number of amides is 1. The lowest BCUT2D eigenvalue weighted by molar-refractivity contribution is 0.0451. The van der Waals surface area contributed by atoms with Gasteiger partial charge in [-0.15, -0.1) is 0 Å². The van der Waals surface area contributed by atoms with Crippen LogP contribution in [0.4, 0.5) is 0 Å². The van der Waals surface area contributed by atoms with Gasteiger partial charge in [-0.3, -0.25) is 9.69 Å². The summed E-state index contributed by atoms with van der Waals surface area (Å²) in [5.41, 5.74) is 0.849. The minimum absolute atomic E-state index is 0.0797. The van der Waals surface area contributed by atoms with Crippen LogP contribution in [-0.2, 0) is 0 Å². The van der Waals surface area contributed by atoms with E-state index in [1.807, 2.05) is 17.0 Å². The molecule has 0 spiro atoms. The lowest BCUT2D eigenvalue weighted by Gasteiger charge is -2.42. The zero-order chi connectivity index (χ0) is 14.0. The van der Waals surface area contributed by atoms with Gasteiger partial charge in [0.1, 0.15) is 0 Å². The Hall–Kier alpha value is -1.06. The van der Waals surface area contributed by atoms with Gasteiger partial charge >= 0.3 is 0 Å². The highest BCUT2D eigenvalue weighted by Crippen LogP contribution is 2.18. The Morgan fingerprint density at radius 3 is 2.32 bits per heavy atom. The molecule has 104 valence electrons. The summed E-state index contributed by atoms with van der Waals surface area (Å²) in [5.74, 6) is 0.0797. The minimum Gasteiger partial charge on any atom is -0.336 e. The summed E-state index contributed by atoms with van der Waals surface area (Å²) in [6, 6.07) is 7.17. The highest BCUT2D eigenvalue weighted by molar-refractivity contribution is 6.30. The van der Waals surface area contributed by atoms with Gasteiger partial charge in [-0.25, -0.2) is 0 Å². The number of halogens is 1. The predicted octanol–water partition coefficient (Wildman–Crippen LogP) is 2.90. The van der Waals surface area contributed by atoms with Gasteiger partial charge in [0.25, 0.3) is 5.91 Å². The van der Waals surface area contributed by atoms with Gasteiger partial charge in [-0.05, 0) is 39.0 Å². The lowest BCUT2D eigenvalue weighted by Crippen LogP contribution is -2.54. The van der Waals surface area contributed by atoms with Crippen LogP contribution in [0, 0.1) is 0 Å². The molecule has 0 radical (unpaired) electrons. The van der Waals surface area contributed by atoms with Crippen molar-refractivity contribution in [3.8, 4) is 0 Å². The number of piperazine rings is 1. The summed E-state index contributed by atoms with van der Waals surface area (Å²) in [5, 5.41) is 0.610. The Morgan fingerprint density at radius 1 is 1.16 bits per heavy atom. The van der Waals surface area contributed by atoms with Crippen molar-refractivity contribution in [1.29, 1.82) is 0 Å². The maximum atomic E-state index is 12.4. The zero-order valence-corrected chi connectivity index (χ0v) is 12.6. The van der Waals surface area contributed by atoms with Crippen molar-refractivity contribution in [3.63, 3.8) is 0 Å². The lowest BCUT2D eigenvalue weighted by atomic mass is 10.0. The van der Waals surface area contributed by atoms with E-state index >= 15 is 0 Å². The Balaban J connectivity index is 2.00. The maximum absolute atomic E-state index is 12.4. The molecular weight excluding hydrogens is 260 g/mol. The number of hydrogen-bond donors (Lipinski definition) is 0. The molecule has 0 N–H and O–H groups in total. The van der Waals surface area contributed by atoms with Gasteiger partial charge < -0.3 is 4.90 Å². The number of rotatable bonds is 1. The van der Waals surface area contributed by atoms with Gasteiger partial charge in [0.2, 0.25) is 0 Å². The first kappa shape index (κ1) is 14.4. The first-order chi connectivity index (χ1) is 8.88. The van der Waals surface area contributed by atoms with Gasteiger partial charge in [0.15, 0.2) is 0 Å². The average Bonchev–Trinajstić information content (AvgIpc) is 2.37. The topological polar surface area (TPSA) is 23.6 Å². The van der Waals surface area contributed by atoms with E-state index in [0.29, 0.717) is 10.6 Å². The number of benzene rings is 1. The summed E-state index contributed by atoms with van der Waals surface area (Å²) < 4.78 is 0. The Morgan fingerprint density at radius 2 is 1.79 bits per heavy atom. The molecule has 0 unspecified atom stereocenters. The van der Waals surface area contributed by atoms with Crippen molar-refractivity contribution < 1.29 is 4.79 Å². The average molecular weight is 281 g/mol. The van der Waals surface area contributed by atoms with Crippen molar-refractivity contribution in [2.24, 2.45) is 0 Å². The molecule has 1 aliphatic rings. The van der Waals surface area contributed by atoms with Crippen molar-refractivity contribution in [2.45, 2.75) is 26.3 Å². The van der Waals surface area contributed by atoms with Crippen molar-refractivity contribution in [3.05, 3.63) is 34.9 Å². The van der Waals surface area contributed by atoms with Crippen molar-refractivity contribution >= 4 is 17.5 Å². The summed E-state index contributed by atoms with van der Waals surface area (Å²) in [7, 11) is 0. The molecule has 1 saturated heterocycles. The molecule has 1 fully saturated rings. The van der Waals surface area contributed by atoms with Crippen molar-refractivity contribution in [1.82, 2.24) is 9.80 Å². The fourth-order valence-electron chi connectivity index (χ4n) is 2.38. The second kappa shape index (κ2) is 5.51. The molecule has 0 atom stereocenters. The Bertz CT molecular complexity index is 459. The van der Waals surface area contributed by atoms with Gasteiger partial charge in [-0.2, -0.15) is 0 Å². The smallest absolute Gasteiger partial charge is 0.253 e. The molecule has 0 aromatic heterocycles. The molecular formula is C15H21ClN2O. The highest BCUT2D eigenvalue weighted by Gasteiger charge is 2.28. The SMILES string of the molecule is CC(C)(C)N1CCN(C(=O)c2cccc(Cl)c2)CC1. The fourth-order valence-corrected chi connectivity index (χ4v) is 2.57. The zero-order valence-electron chi connectivity index (χ0n) is 11.8. The molecule has 1 heterocycles. The van der Waals surface area contributed by atoms with E-state index in [9.17, 15) is 4.79 Å². The second-order valence-electron chi connectivity index (χ2n) is 5.96. The van der Waals surface area contributed by atoms with Gasteiger partial charge in [-0.1, -0.05) is 17.7 Å². The summed E-state index contributed by atoms with van der Waals surface area (Å²) in [6.45, 7) is 10.0. The third-order valence-corrected chi connectivity index (χ3v) is 3.82. The monoisotopic (exact) mass is 280 g/mol. The molecule has 1 amide bonds. The van der Waals surface area contributed by atoms with E-state index in [4.69, 9.17) is 11.6 Å². The highest BCUT2D eigenvalue weighted by atomic mass is 35.5. The molecule has 3 nitrogen and oxygen atoms in total. The summed E-state index contributed by atoms with van der Waals surface area (Å²) in [4.78, 5) is 16.7. The quantitative estimate of drug-likeness (QED) is 0.790. The van der Waals surface area contributed by atoms with Crippen LogP contribution < -0.4 is 0 Å². The van der Waals surface area contributed by atoms with E-state index in [1.54, 1.807) is 12.1 Å². The number of nitrogens with zero attached hydrogens (tertiary/aromatic N) is 2. The molecule has 2 rings (SSSR count). The molecule has 1 aromatic rings. The molecule has 1 aliphatic heterocycles. The van der Waals surface area contributed by atoms with Crippen LogP contribution in [0.2, 0.25) is 5.02 Å². The number of carbonyl (C=O) groups is 1. The van der Waals surface area contributed by atoms with Crippen LogP contribution in [0.25, 0.3) is 0 Å². The Labute approximate surface area is 120 Å². The van der Waals surface area contributed by atoms with E-state index in [-0.39, 0.29) is 11.4 Å². The molecule has 1 aromatic carbocycles. The summed E-state index contributed by atoms with van der Waals surface area (Å²) in [6.07, 6.45) is 0. The van der Waals surface area contributed by atoms with Crippen LogP contribution >= 0.6 is 11.6 Å². The van der Waals surface area contributed by atoms with Crippen LogP contribution in [0.15, 0.2) is 24.3 Å². The normalized spacial score (nSPS) is 17.6. The largest absolute Gasteiger partial charge is 0.336 e. The number of carbonyl (C=O) groups excluding carboxylic acids is 1. The van der Waals surface area contributed by atoms with Crippen LogP contribution in [0.1, 0.15) is 31.1 Å². The van der Waals surface area contributed by atoms with E-state index < -0.39 is 0 Å². The molecule has 0 aliphatic carbocycles. The van der Waals surface area contributed by atoms with Crippen molar-refractivity contribution in [2.75, 3.05) is 26.2 Å². The van der Waals surface area contributed by atoms with Gasteiger partial charge in [0, 0.05) is 42.3 Å². The first-order valence-electron chi connectivity index (χ1n) is 6.68. The summed E-state index contributed by atoms with van der Waals surface area (Å²) >= 11 is 5.93. The van der Waals surface area contributed by atoms with E-state index in [2.05, 4.69) is 25.7 Å². The van der Waals surface area contributed by atoms with E-state index in [1.165, 1.54) is 0 Å². The fraction of sp³-hybridized carbons (Fsp3) is 0.533. The predicted molar refractivity (Wildman–Crippen MR) is 78.7 cm³/mol. The molecule has 19 heavy (non-hydrogen) atoms. The van der Waals surface area contributed by atoms with E-state index in [0.717, 1.165) is 26.2 Å². The van der Waals surface area contributed by atoms with Gasteiger partial charge in [0.05, 0.1) is 0 Å². The molecule has 0 bridgehead atoms.